The van der Waals surface area contributed by atoms with Crippen LogP contribution in [0.3, 0.4) is 0 Å². The van der Waals surface area contributed by atoms with Crippen molar-refractivity contribution in [2.24, 2.45) is 5.73 Å². The summed E-state index contributed by atoms with van der Waals surface area (Å²) in [5.41, 5.74) is 5.96. The number of imide groups is 1. The number of aryl methyl sites for hydroxylation is 1. The Hall–Kier alpha value is -3.36. The second kappa shape index (κ2) is 6.60. The molecule has 1 aromatic carbocycles. The zero-order valence-electron chi connectivity index (χ0n) is 12.2. The van der Waals surface area contributed by atoms with Crippen LogP contribution in [0.5, 0.6) is 0 Å². The van der Waals surface area contributed by atoms with Crippen molar-refractivity contribution in [3.05, 3.63) is 52.2 Å². The molecular weight excluding hydrogens is 304 g/mol. The Balaban J connectivity index is 2.05. The van der Waals surface area contributed by atoms with Gasteiger partial charge in [0.25, 0.3) is 5.91 Å². The van der Waals surface area contributed by atoms with Crippen LogP contribution >= 0.6 is 0 Å². The zero-order valence-corrected chi connectivity index (χ0v) is 12.2. The summed E-state index contributed by atoms with van der Waals surface area (Å²) in [7, 11) is 0. The van der Waals surface area contributed by atoms with Gasteiger partial charge >= 0.3 is 17.7 Å². The van der Waals surface area contributed by atoms with Gasteiger partial charge in [-0.2, -0.15) is 0 Å². The minimum atomic E-state index is -1.03. The topological polar surface area (TPSA) is 136 Å². The van der Waals surface area contributed by atoms with Gasteiger partial charge in [0, 0.05) is 11.9 Å². The molecule has 2 rings (SSSR count). The van der Waals surface area contributed by atoms with Gasteiger partial charge in [0.1, 0.15) is 0 Å². The van der Waals surface area contributed by atoms with E-state index in [-0.39, 0.29) is 11.3 Å². The second-order valence-electron chi connectivity index (χ2n) is 4.61. The maximum absolute atomic E-state index is 11.8. The van der Waals surface area contributed by atoms with Gasteiger partial charge in [-0.25, -0.2) is 14.4 Å². The molecule has 4 N–H and O–H groups in total. The number of imidazole rings is 1. The number of ether oxygens (including phenoxy) is 1. The first kappa shape index (κ1) is 16.0. The Morgan fingerprint density at radius 2 is 1.91 bits per heavy atom. The van der Waals surface area contributed by atoms with Crippen molar-refractivity contribution < 1.29 is 19.1 Å². The van der Waals surface area contributed by atoms with Crippen molar-refractivity contribution >= 4 is 17.9 Å². The quantitative estimate of drug-likeness (QED) is 0.672. The lowest BCUT2D eigenvalue weighted by molar-refractivity contribution is -0.123. The number of hydrogen-bond acceptors (Lipinski definition) is 5. The highest BCUT2D eigenvalue weighted by Gasteiger charge is 2.12. The Labute approximate surface area is 130 Å². The summed E-state index contributed by atoms with van der Waals surface area (Å²) in [6.45, 7) is 1.14. The number of hydrogen-bond donors (Lipinski definition) is 3. The molecule has 2 aromatic rings. The monoisotopic (exact) mass is 318 g/mol. The molecule has 9 nitrogen and oxygen atoms in total. The highest BCUT2D eigenvalue weighted by atomic mass is 16.5. The van der Waals surface area contributed by atoms with Crippen molar-refractivity contribution in [3.63, 3.8) is 0 Å². The number of benzene rings is 1. The minimum Gasteiger partial charge on any atom is -0.452 e. The number of primary amides is 1. The van der Waals surface area contributed by atoms with Crippen LogP contribution in [0.1, 0.15) is 16.1 Å². The first-order valence-corrected chi connectivity index (χ1v) is 6.52. The van der Waals surface area contributed by atoms with E-state index in [2.05, 4.69) is 4.98 Å². The van der Waals surface area contributed by atoms with Gasteiger partial charge in [-0.1, -0.05) is 0 Å². The fourth-order valence-corrected chi connectivity index (χ4v) is 1.91. The molecule has 1 heterocycles. The summed E-state index contributed by atoms with van der Waals surface area (Å²) >= 11 is 0. The molecule has 0 saturated carbocycles. The summed E-state index contributed by atoms with van der Waals surface area (Å²) in [5, 5.41) is 1.77. The molecule has 0 fully saturated rings. The Kier molecular flexibility index (Phi) is 4.60. The summed E-state index contributed by atoms with van der Waals surface area (Å²) < 4.78 is 6.18. The molecule has 0 aliphatic heterocycles. The number of nitrogens with two attached hydrogens (primary N) is 1. The van der Waals surface area contributed by atoms with E-state index in [0.717, 1.165) is 0 Å². The van der Waals surface area contributed by atoms with Crippen LogP contribution in [0, 0.1) is 6.92 Å². The zero-order chi connectivity index (χ0) is 17.0. The van der Waals surface area contributed by atoms with Gasteiger partial charge < -0.3 is 15.5 Å². The van der Waals surface area contributed by atoms with E-state index in [9.17, 15) is 19.2 Å². The van der Waals surface area contributed by atoms with Gasteiger partial charge in [-0.15, -0.1) is 0 Å². The van der Waals surface area contributed by atoms with Crippen LogP contribution in [0.2, 0.25) is 0 Å². The largest absolute Gasteiger partial charge is 0.452 e. The van der Waals surface area contributed by atoms with E-state index < -0.39 is 24.5 Å². The van der Waals surface area contributed by atoms with Gasteiger partial charge in [0.05, 0.1) is 11.3 Å². The number of amides is 3. The number of aromatic amines is 1. The Morgan fingerprint density at radius 3 is 2.43 bits per heavy atom. The summed E-state index contributed by atoms with van der Waals surface area (Å²) in [5.74, 6) is -1.56. The highest BCUT2D eigenvalue weighted by Crippen LogP contribution is 2.10. The molecule has 1 aromatic heterocycles. The van der Waals surface area contributed by atoms with Gasteiger partial charge in [-0.3, -0.25) is 14.7 Å². The fourth-order valence-electron chi connectivity index (χ4n) is 1.91. The second-order valence-corrected chi connectivity index (χ2v) is 4.61. The molecule has 0 unspecified atom stereocenters. The molecule has 0 radical (unpaired) electrons. The molecule has 0 saturated heterocycles. The normalized spacial score (nSPS) is 10.1. The van der Waals surface area contributed by atoms with Crippen molar-refractivity contribution in [1.29, 1.82) is 0 Å². The van der Waals surface area contributed by atoms with Crippen LogP contribution < -0.4 is 16.7 Å². The fraction of sp³-hybridized carbons (Fsp3) is 0.143. The number of carbonyl (C=O) groups is 3. The number of aromatic nitrogens is 2. The van der Waals surface area contributed by atoms with E-state index in [0.29, 0.717) is 11.4 Å². The third-order valence-corrected chi connectivity index (χ3v) is 2.92. The van der Waals surface area contributed by atoms with E-state index in [4.69, 9.17) is 10.5 Å². The number of esters is 1. The predicted octanol–water partition coefficient (Wildman–Crippen LogP) is -0.174. The lowest BCUT2D eigenvalue weighted by atomic mass is 10.2. The van der Waals surface area contributed by atoms with Crippen LogP contribution in [-0.2, 0) is 9.53 Å². The number of urea groups is 1. The summed E-state index contributed by atoms with van der Waals surface area (Å²) in [6.07, 6.45) is 1.57. The third kappa shape index (κ3) is 3.84. The van der Waals surface area contributed by atoms with Crippen LogP contribution in [0.25, 0.3) is 5.69 Å². The lowest BCUT2D eigenvalue weighted by Gasteiger charge is -2.06. The number of nitrogens with one attached hydrogen (secondary N) is 2. The van der Waals surface area contributed by atoms with E-state index in [1.807, 2.05) is 0 Å². The molecule has 0 aliphatic rings. The highest BCUT2D eigenvalue weighted by molar-refractivity contribution is 5.96. The predicted molar refractivity (Wildman–Crippen MR) is 79.1 cm³/mol. The average Bonchev–Trinajstić information content (AvgIpc) is 2.83. The van der Waals surface area contributed by atoms with Crippen molar-refractivity contribution in [2.45, 2.75) is 6.92 Å². The van der Waals surface area contributed by atoms with Crippen molar-refractivity contribution in [2.75, 3.05) is 6.61 Å². The molecule has 9 heteroatoms. The molecule has 0 spiro atoms. The molecular formula is C14H14N4O5. The molecule has 0 atom stereocenters. The maximum atomic E-state index is 11.8. The van der Waals surface area contributed by atoms with Crippen molar-refractivity contribution in [3.8, 4) is 5.69 Å². The third-order valence-electron chi connectivity index (χ3n) is 2.92. The Morgan fingerprint density at radius 1 is 1.26 bits per heavy atom. The van der Waals surface area contributed by atoms with Crippen LogP contribution in [0.15, 0.2) is 35.3 Å². The first-order chi connectivity index (χ1) is 10.9. The van der Waals surface area contributed by atoms with Gasteiger partial charge in [-0.05, 0) is 31.2 Å². The van der Waals surface area contributed by atoms with E-state index in [1.165, 1.54) is 16.7 Å². The molecule has 3 amide bonds. The number of carbonyl (C=O) groups excluding carboxylic acids is 3. The summed E-state index contributed by atoms with van der Waals surface area (Å²) in [4.78, 5) is 47.6. The van der Waals surface area contributed by atoms with Crippen LogP contribution in [-0.4, -0.2) is 34.1 Å². The number of nitrogens with zero attached hydrogens (tertiary/aromatic N) is 1. The van der Waals surface area contributed by atoms with Gasteiger partial charge in [0.2, 0.25) is 0 Å². The lowest BCUT2D eigenvalue weighted by Crippen LogP contribution is -2.37. The van der Waals surface area contributed by atoms with E-state index in [1.54, 1.807) is 30.6 Å². The standard InChI is InChI=1S/C14H14N4O5/c1-8-6-16-14(22)18(8)10-4-2-9(3-5-10)12(20)23-7-11(19)17-13(15)21/h2-6H,7H2,1H3,(H,16,22)(H3,15,17,19,21). The van der Waals surface area contributed by atoms with Gasteiger partial charge in [0.15, 0.2) is 6.61 Å². The first-order valence-electron chi connectivity index (χ1n) is 6.52. The maximum Gasteiger partial charge on any atom is 0.338 e. The molecule has 0 aliphatic carbocycles. The number of rotatable bonds is 4. The minimum absolute atomic E-state index is 0.196. The Bertz CT molecular complexity index is 803. The SMILES string of the molecule is Cc1c[nH]c(=O)n1-c1ccc(C(=O)OCC(=O)NC(N)=O)cc1. The molecule has 120 valence electrons. The van der Waals surface area contributed by atoms with Crippen molar-refractivity contribution in [1.82, 2.24) is 14.9 Å². The molecule has 23 heavy (non-hydrogen) atoms. The average molecular weight is 318 g/mol. The van der Waals surface area contributed by atoms with E-state index >= 15 is 0 Å². The summed E-state index contributed by atoms with van der Waals surface area (Å²) in [6, 6.07) is 5.04. The smallest absolute Gasteiger partial charge is 0.338 e. The number of H-pyrrole nitrogens is 1. The molecule has 0 bridgehead atoms. The van der Waals surface area contributed by atoms with Crippen LogP contribution in [0.4, 0.5) is 4.79 Å².